The standard InChI is InChI=1S/C11H20N2O2S/c1-2-3-10-8-13(6-5-12-10)11-4-7-16(14,15)9-11/h4,7,10-12H,2-3,5-6,8-9H2,1H3. The minimum Gasteiger partial charge on any atom is -0.311 e. The van der Waals surface area contributed by atoms with Crippen molar-refractivity contribution in [3.05, 3.63) is 11.5 Å². The average molecular weight is 244 g/mol. The second-order valence-electron chi connectivity index (χ2n) is 4.66. The summed E-state index contributed by atoms with van der Waals surface area (Å²) < 4.78 is 22.7. The van der Waals surface area contributed by atoms with Crippen LogP contribution in [0.4, 0.5) is 0 Å². The monoisotopic (exact) mass is 244 g/mol. The Kier molecular flexibility index (Phi) is 3.66. The third-order valence-electron chi connectivity index (χ3n) is 3.30. The molecule has 16 heavy (non-hydrogen) atoms. The van der Waals surface area contributed by atoms with E-state index in [4.69, 9.17) is 0 Å². The van der Waals surface area contributed by atoms with Gasteiger partial charge < -0.3 is 5.32 Å². The van der Waals surface area contributed by atoms with Crippen LogP contribution in [0.25, 0.3) is 0 Å². The molecule has 0 bridgehead atoms. The molecule has 92 valence electrons. The minimum atomic E-state index is -2.92. The van der Waals surface area contributed by atoms with Crippen molar-refractivity contribution in [1.82, 2.24) is 10.2 Å². The topological polar surface area (TPSA) is 49.4 Å². The van der Waals surface area contributed by atoms with Gasteiger partial charge in [0.2, 0.25) is 0 Å². The fourth-order valence-corrected chi connectivity index (χ4v) is 3.81. The normalized spacial score (nSPS) is 34.3. The molecule has 1 fully saturated rings. The van der Waals surface area contributed by atoms with E-state index < -0.39 is 9.84 Å². The van der Waals surface area contributed by atoms with Gasteiger partial charge in [0.25, 0.3) is 0 Å². The first kappa shape index (κ1) is 12.1. The SMILES string of the molecule is CCCC1CN(C2C=CS(=O)(=O)C2)CCN1. The molecule has 0 amide bonds. The zero-order valence-electron chi connectivity index (χ0n) is 9.72. The second-order valence-corrected chi connectivity index (χ2v) is 6.59. The van der Waals surface area contributed by atoms with Crippen LogP contribution < -0.4 is 5.32 Å². The summed E-state index contributed by atoms with van der Waals surface area (Å²) in [7, 11) is -2.92. The molecule has 0 aromatic carbocycles. The van der Waals surface area contributed by atoms with Gasteiger partial charge in [-0.15, -0.1) is 0 Å². The lowest BCUT2D eigenvalue weighted by molar-refractivity contribution is 0.173. The van der Waals surface area contributed by atoms with Crippen molar-refractivity contribution in [1.29, 1.82) is 0 Å². The number of nitrogens with one attached hydrogen (secondary N) is 1. The van der Waals surface area contributed by atoms with Gasteiger partial charge in [0.05, 0.1) is 5.75 Å². The van der Waals surface area contributed by atoms with Gasteiger partial charge >= 0.3 is 0 Å². The Hall–Kier alpha value is -0.390. The molecule has 1 saturated heterocycles. The highest BCUT2D eigenvalue weighted by atomic mass is 32.2. The van der Waals surface area contributed by atoms with Crippen LogP contribution >= 0.6 is 0 Å². The highest BCUT2D eigenvalue weighted by Gasteiger charge is 2.30. The third-order valence-corrected chi connectivity index (χ3v) is 4.68. The van der Waals surface area contributed by atoms with Crippen LogP contribution in [-0.4, -0.2) is 50.8 Å². The summed E-state index contributed by atoms with van der Waals surface area (Å²) in [5.41, 5.74) is 0. The molecule has 2 rings (SSSR count). The molecule has 0 aliphatic carbocycles. The third kappa shape index (κ3) is 2.84. The molecule has 0 aromatic rings. The maximum atomic E-state index is 11.4. The van der Waals surface area contributed by atoms with Crippen LogP contribution in [0.5, 0.6) is 0 Å². The Morgan fingerprint density at radius 1 is 1.50 bits per heavy atom. The van der Waals surface area contributed by atoms with Crippen molar-refractivity contribution >= 4 is 9.84 Å². The first-order valence-corrected chi connectivity index (χ1v) is 7.70. The highest BCUT2D eigenvalue weighted by molar-refractivity contribution is 7.94. The summed E-state index contributed by atoms with van der Waals surface area (Å²) in [4.78, 5) is 2.29. The van der Waals surface area contributed by atoms with Crippen LogP contribution in [0.15, 0.2) is 11.5 Å². The molecule has 0 saturated carbocycles. The van der Waals surface area contributed by atoms with Gasteiger partial charge in [0, 0.05) is 37.1 Å². The summed E-state index contributed by atoms with van der Waals surface area (Å²) in [5, 5.41) is 4.85. The lowest BCUT2D eigenvalue weighted by atomic mass is 10.1. The molecule has 2 heterocycles. The van der Waals surface area contributed by atoms with E-state index in [-0.39, 0.29) is 11.8 Å². The van der Waals surface area contributed by atoms with Crippen molar-refractivity contribution in [2.75, 3.05) is 25.4 Å². The zero-order valence-corrected chi connectivity index (χ0v) is 10.5. The molecule has 0 aromatic heterocycles. The molecular weight excluding hydrogens is 224 g/mol. The second kappa shape index (κ2) is 4.85. The van der Waals surface area contributed by atoms with Crippen molar-refractivity contribution in [3.8, 4) is 0 Å². The van der Waals surface area contributed by atoms with Crippen molar-refractivity contribution in [2.24, 2.45) is 0 Å². The first-order chi connectivity index (χ1) is 7.61. The lowest BCUT2D eigenvalue weighted by Gasteiger charge is -2.36. The molecule has 1 N–H and O–H groups in total. The predicted molar refractivity (Wildman–Crippen MR) is 65.0 cm³/mol. The molecule has 2 aliphatic heterocycles. The quantitative estimate of drug-likeness (QED) is 0.779. The summed E-state index contributed by atoms with van der Waals surface area (Å²) in [5.74, 6) is 0.270. The van der Waals surface area contributed by atoms with Crippen LogP contribution in [-0.2, 0) is 9.84 Å². The summed E-state index contributed by atoms with van der Waals surface area (Å²) in [6, 6.07) is 0.627. The number of nitrogens with zero attached hydrogens (tertiary/aromatic N) is 1. The molecule has 5 heteroatoms. The Labute approximate surface area is 97.6 Å². The van der Waals surface area contributed by atoms with Gasteiger partial charge in [0.15, 0.2) is 9.84 Å². The molecule has 2 unspecified atom stereocenters. The maximum absolute atomic E-state index is 11.4. The first-order valence-electron chi connectivity index (χ1n) is 5.99. The summed E-state index contributed by atoms with van der Waals surface area (Å²) >= 11 is 0. The van der Waals surface area contributed by atoms with E-state index in [9.17, 15) is 8.42 Å². The maximum Gasteiger partial charge on any atom is 0.173 e. The Bertz CT molecular complexity index is 362. The number of rotatable bonds is 3. The fraction of sp³-hybridized carbons (Fsp3) is 0.818. The molecule has 0 radical (unpaired) electrons. The minimum absolute atomic E-state index is 0.103. The van der Waals surface area contributed by atoms with Crippen LogP contribution in [0.2, 0.25) is 0 Å². The largest absolute Gasteiger partial charge is 0.311 e. The zero-order chi connectivity index (χ0) is 11.6. The van der Waals surface area contributed by atoms with Crippen LogP contribution in [0, 0.1) is 0 Å². The Morgan fingerprint density at radius 2 is 2.31 bits per heavy atom. The highest BCUT2D eigenvalue weighted by Crippen LogP contribution is 2.17. The summed E-state index contributed by atoms with van der Waals surface area (Å²) in [6.45, 7) is 5.07. The molecule has 4 nitrogen and oxygen atoms in total. The number of hydrogen-bond donors (Lipinski definition) is 1. The fourth-order valence-electron chi connectivity index (χ4n) is 2.48. The van der Waals surface area contributed by atoms with Crippen molar-refractivity contribution in [3.63, 3.8) is 0 Å². The van der Waals surface area contributed by atoms with Gasteiger partial charge in [-0.25, -0.2) is 8.42 Å². The predicted octanol–water partition coefficient (Wildman–Crippen LogP) is 0.371. The number of piperazine rings is 1. The number of sulfone groups is 1. The van der Waals surface area contributed by atoms with E-state index in [2.05, 4.69) is 17.1 Å². The Balaban J connectivity index is 1.93. The molecule has 2 atom stereocenters. The van der Waals surface area contributed by atoms with Gasteiger partial charge in [-0.3, -0.25) is 4.90 Å². The van der Waals surface area contributed by atoms with Gasteiger partial charge in [-0.2, -0.15) is 0 Å². The lowest BCUT2D eigenvalue weighted by Crippen LogP contribution is -2.54. The van der Waals surface area contributed by atoms with E-state index in [0.29, 0.717) is 6.04 Å². The molecule has 2 aliphatic rings. The smallest absolute Gasteiger partial charge is 0.173 e. The van der Waals surface area contributed by atoms with Crippen LogP contribution in [0.3, 0.4) is 0 Å². The van der Waals surface area contributed by atoms with E-state index in [1.807, 2.05) is 6.08 Å². The average Bonchev–Trinajstić information content (AvgIpc) is 2.60. The van der Waals surface area contributed by atoms with Gasteiger partial charge in [-0.05, 0) is 6.42 Å². The van der Waals surface area contributed by atoms with Crippen molar-refractivity contribution < 1.29 is 8.42 Å². The molecular formula is C11H20N2O2S. The van der Waals surface area contributed by atoms with E-state index in [1.165, 1.54) is 18.2 Å². The van der Waals surface area contributed by atoms with Gasteiger partial charge in [0.1, 0.15) is 0 Å². The Morgan fingerprint density at radius 3 is 2.94 bits per heavy atom. The number of hydrogen-bond acceptors (Lipinski definition) is 4. The summed E-state index contributed by atoms with van der Waals surface area (Å²) in [6.07, 6.45) is 4.17. The van der Waals surface area contributed by atoms with Crippen molar-refractivity contribution in [2.45, 2.75) is 31.8 Å². The molecule has 0 spiro atoms. The van der Waals surface area contributed by atoms with Crippen LogP contribution in [0.1, 0.15) is 19.8 Å². The van der Waals surface area contributed by atoms with E-state index in [0.717, 1.165) is 19.6 Å². The van der Waals surface area contributed by atoms with E-state index >= 15 is 0 Å². The van der Waals surface area contributed by atoms with E-state index in [1.54, 1.807) is 0 Å². The van der Waals surface area contributed by atoms with Gasteiger partial charge in [-0.1, -0.05) is 19.4 Å².